The average molecular weight is 267 g/mol. The van der Waals surface area contributed by atoms with Gasteiger partial charge in [-0.1, -0.05) is 13.3 Å². The molecule has 0 unspecified atom stereocenters. The van der Waals surface area contributed by atoms with Crippen LogP contribution in [0.1, 0.15) is 65.2 Å². The Morgan fingerprint density at radius 1 is 1.21 bits per heavy atom. The van der Waals surface area contributed by atoms with E-state index in [2.05, 4.69) is 11.8 Å². The summed E-state index contributed by atoms with van der Waals surface area (Å²) >= 11 is 0. The molecule has 0 amide bonds. The maximum Gasteiger partial charge on any atom is 0.307 e. The Morgan fingerprint density at radius 3 is 2.37 bits per heavy atom. The SMILES string of the molecule is CCOC(=O)CC1(N2CCCC2)CCC(CC)CC1. The van der Waals surface area contributed by atoms with Gasteiger partial charge < -0.3 is 4.74 Å². The number of rotatable bonds is 5. The third-order valence-electron chi connectivity index (χ3n) is 5.17. The fourth-order valence-corrected chi connectivity index (χ4v) is 3.90. The van der Waals surface area contributed by atoms with E-state index in [0.29, 0.717) is 13.0 Å². The van der Waals surface area contributed by atoms with Crippen LogP contribution in [0.2, 0.25) is 0 Å². The zero-order chi connectivity index (χ0) is 13.7. The first-order valence-electron chi connectivity index (χ1n) is 8.11. The number of carbonyl (C=O) groups excluding carboxylic acids is 1. The summed E-state index contributed by atoms with van der Waals surface area (Å²) < 4.78 is 5.22. The van der Waals surface area contributed by atoms with Crippen molar-refractivity contribution in [3.05, 3.63) is 0 Å². The number of hydrogen-bond acceptors (Lipinski definition) is 3. The molecule has 0 atom stereocenters. The number of nitrogens with zero attached hydrogens (tertiary/aromatic N) is 1. The second-order valence-corrected chi connectivity index (χ2v) is 6.25. The molecule has 110 valence electrons. The lowest BCUT2D eigenvalue weighted by atomic mass is 9.73. The average Bonchev–Trinajstić information content (AvgIpc) is 2.94. The normalized spacial score (nSPS) is 32.4. The summed E-state index contributed by atoms with van der Waals surface area (Å²) in [5.41, 5.74) is 0.119. The first-order chi connectivity index (χ1) is 9.20. The summed E-state index contributed by atoms with van der Waals surface area (Å²) in [5.74, 6) is 0.877. The van der Waals surface area contributed by atoms with E-state index in [-0.39, 0.29) is 11.5 Å². The van der Waals surface area contributed by atoms with Crippen molar-refractivity contribution in [3.63, 3.8) is 0 Å². The molecule has 0 aromatic rings. The maximum absolute atomic E-state index is 12.0. The second kappa shape index (κ2) is 6.74. The molecular formula is C16H29NO2. The van der Waals surface area contributed by atoms with Crippen molar-refractivity contribution in [2.24, 2.45) is 5.92 Å². The highest BCUT2D eigenvalue weighted by molar-refractivity contribution is 5.71. The van der Waals surface area contributed by atoms with Crippen LogP contribution in [-0.2, 0) is 9.53 Å². The van der Waals surface area contributed by atoms with Crippen molar-refractivity contribution in [2.75, 3.05) is 19.7 Å². The van der Waals surface area contributed by atoms with E-state index in [9.17, 15) is 4.79 Å². The molecule has 2 rings (SSSR count). The molecule has 1 saturated heterocycles. The van der Waals surface area contributed by atoms with E-state index in [1.807, 2.05) is 6.92 Å². The van der Waals surface area contributed by atoms with Crippen LogP contribution in [0.3, 0.4) is 0 Å². The van der Waals surface area contributed by atoms with Gasteiger partial charge in [0.05, 0.1) is 13.0 Å². The quantitative estimate of drug-likeness (QED) is 0.715. The summed E-state index contributed by atoms with van der Waals surface area (Å²) in [6.45, 7) is 7.05. The standard InChI is InChI=1S/C16H29NO2/c1-3-14-7-9-16(10-8-14,13-15(18)19-4-2)17-11-5-6-12-17/h14H,3-13H2,1-2H3. The largest absolute Gasteiger partial charge is 0.466 e. The topological polar surface area (TPSA) is 29.5 Å². The van der Waals surface area contributed by atoms with Gasteiger partial charge in [-0.05, 0) is 64.5 Å². The second-order valence-electron chi connectivity index (χ2n) is 6.25. The Labute approximate surface area is 117 Å². The van der Waals surface area contributed by atoms with Gasteiger partial charge in [0.1, 0.15) is 0 Å². The highest BCUT2D eigenvalue weighted by Crippen LogP contribution is 2.41. The van der Waals surface area contributed by atoms with Crippen molar-refractivity contribution in [2.45, 2.75) is 70.8 Å². The lowest BCUT2D eigenvalue weighted by molar-refractivity contribution is -0.147. The Kier molecular flexibility index (Phi) is 5.26. The maximum atomic E-state index is 12.0. The number of ether oxygens (including phenoxy) is 1. The molecule has 2 fully saturated rings. The van der Waals surface area contributed by atoms with Gasteiger partial charge in [0, 0.05) is 5.54 Å². The van der Waals surface area contributed by atoms with Gasteiger partial charge in [-0.15, -0.1) is 0 Å². The molecule has 3 heteroatoms. The van der Waals surface area contributed by atoms with E-state index in [0.717, 1.165) is 5.92 Å². The van der Waals surface area contributed by atoms with Gasteiger partial charge in [0.25, 0.3) is 0 Å². The van der Waals surface area contributed by atoms with Crippen molar-refractivity contribution >= 4 is 5.97 Å². The molecule has 0 aromatic heterocycles. The number of hydrogen-bond donors (Lipinski definition) is 0. The molecule has 0 N–H and O–H groups in total. The minimum atomic E-state index is 0.00403. The summed E-state index contributed by atoms with van der Waals surface area (Å²) in [7, 11) is 0. The van der Waals surface area contributed by atoms with E-state index in [1.165, 1.54) is 58.0 Å². The Hall–Kier alpha value is -0.570. The Morgan fingerprint density at radius 2 is 1.84 bits per heavy atom. The Balaban J connectivity index is 2.03. The smallest absolute Gasteiger partial charge is 0.307 e. The zero-order valence-electron chi connectivity index (χ0n) is 12.6. The molecule has 3 nitrogen and oxygen atoms in total. The van der Waals surface area contributed by atoms with Crippen molar-refractivity contribution in [1.29, 1.82) is 0 Å². The minimum Gasteiger partial charge on any atom is -0.466 e. The van der Waals surface area contributed by atoms with Crippen LogP contribution >= 0.6 is 0 Å². The van der Waals surface area contributed by atoms with Gasteiger partial charge in [0.15, 0.2) is 0 Å². The zero-order valence-corrected chi connectivity index (χ0v) is 12.6. The molecule has 1 aliphatic carbocycles. The highest BCUT2D eigenvalue weighted by atomic mass is 16.5. The summed E-state index contributed by atoms with van der Waals surface area (Å²) in [6.07, 6.45) is 9.42. The third-order valence-corrected chi connectivity index (χ3v) is 5.17. The highest BCUT2D eigenvalue weighted by Gasteiger charge is 2.42. The van der Waals surface area contributed by atoms with Crippen molar-refractivity contribution in [3.8, 4) is 0 Å². The minimum absolute atomic E-state index is 0.00403. The Bertz CT molecular complexity index is 289. The lowest BCUT2D eigenvalue weighted by Crippen LogP contribution is -2.51. The molecule has 0 spiro atoms. The molecule has 0 radical (unpaired) electrons. The molecule has 2 aliphatic rings. The molecule has 1 aliphatic heterocycles. The summed E-state index contributed by atoms with van der Waals surface area (Å²) in [6, 6.07) is 0. The first kappa shape index (κ1) is 14.8. The van der Waals surface area contributed by atoms with Gasteiger partial charge in [-0.3, -0.25) is 9.69 Å². The van der Waals surface area contributed by atoms with E-state index < -0.39 is 0 Å². The van der Waals surface area contributed by atoms with E-state index in [4.69, 9.17) is 4.74 Å². The van der Waals surface area contributed by atoms with Crippen LogP contribution in [0.15, 0.2) is 0 Å². The fourth-order valence-electron chi connectivity index (χ4n) is 3.90. The monoisotopic (exact) mass is 267 g/mol. The van der Waals surface area contributed by atoms with Gasteiger partial charge in [0.2, 0.25) is 0 Å². The number of likely N-dealkylation sites (tertiary alicyclic amines) is 1. The molecule has 0 aromatic carbocycles. The predicted molar refractivity (Wildman–Crippen MR) is 77.0 cm³/mol. The summed E-state index contributed by atoms with van der Waals surface area (Å²) in [4.78, 5) is 14.6. The van der Waals surface area contributed by atoms with E-state index in [1.54, 1.807) is 0 Å². The molecule has 1 saturated carbocycles. The van der Waals surface area contributed by atoms with Gasteiger partial charge in [-0.25, -0.2) is 0 Å². The number of carbonyl (C=O) groups is 1. The van der Waals surface area contributed by atoms with Gasteiger partial charge >= 0.3 is 5.97 Å². The van der Waals surface area contributed by atoms with Crippen LogP contribution in [0.4, 0.5) is 0 Å². The van der Waals surface area contributed by atoms with Crippen LogP contribution in [0.25, 0.3) is 0 Å². The molecule has 0 bridgehead atoms. The van der Waals surface area contributed by atoms with Crippen LogP contribution in [0, 0.1) is 5.92 Å². The van der Waals surface area contributed by atoms with Crippen LogP contribution in [0.5, 0.6) is 0 Å². The lowest BCUT2D eigenvalue weighted by Gasteiger charge is -2.46. The molecule has 1 heterocycles. The fraction of sp³-hybridized carbons (Fsp3) is 0.938. The van der Waals surface area contributed by atoms with Gasteiger partial charge in [-0.2, -0.15) is 0 Å². The number of esters is 1. The van der Waals surface area contributed by atoms with E-state index >= 15 is 0 Å². The third kappa shape index (κ3) is 3.50. The van der Waals surface area contributed by atoms with Crippen molar-refractivity contribution in [1.82, 2.24) is 4.90 Å². The summed E-state index contributed by atoms with van der Waals surface area (Å²) in [5, 5.41) is 0. The first-order valence-corrected chi connectivity index (χ1v) is 8.11. The van der Waals surface area contributed by atoms with Crippen LogP contribution < -0.4 is 0 Å². The van der Waals surface area contributed by atoms with Crippen molar-refractivity contribution < 1.29 is 9.53 Å². The molecular weight excluding hydrogens is 238 g/mol. The molecule has 19 heavy (non-hydrogen) atoms. The predicted octanol–water partition coefficient (Wildman–Crippen LogP) is 3.37. The van der Waals surface area contributed by atoms with Crippen LogP contribution in [-0.4, -0.2) is 36.1 Å².